The third kappa shape index (κ3) is 30.8. The predicted molar refractivity (Wildman–Crippen MR) is 328 cm³/mol. The third-order valence-electron chi connectivity index (χ3n) is 15.7. The maximum absolute atomic E-state index is 13.3. The molecule has 12 N–H and O–H groups in total. The van der Waals surface area contributed by atoms with Gasteiger partial charge in [0.25, 0.3) is 0 Å². The van der Waals surface area contributed by atoms with E-state index in [4.69, 9.17) is 28.4 Å². The van der Waals surface area contributed by atoms with E-state index < -0.39 is 124 Å². The van der Waals surface area contributed by atoms with Crippen LogP contribution in [0.2, 0.25) is 0 Å². The first-order chi connectivity index (χ1) is 41.3. The summed E-state index contributed by atoms with van der Waals surface area (Å²) in [5.41, 5.74) is 0. The summed E-state index contributed by atoms with van der Waals surface area (Å²) in [6, 6.07) is -0.890. The third-order valence-corrected chi connectivity index (χ3v) is 15.7. The molecule has 0 aromatic heterocycles. The number of ether oxygens (including phenoxy) is 6. The van der Waals surface area contributed by atoms with Crippen LogP contribution in [-0.4, -0.2) is 193 Å². The highest BCUT2D eigenvalue weighted by molar-refractivity contribution is 5.76. The molecule has 0 aromatic carbocycles. The number of unbranched alkanes of at least 4 members (excludes halogenated alkanes) is 17. The van der Waals surface area contributed by atoms with E-state index in [2.05, 4.69) is 104 Å². The van der Waals surface area contributed by atoms with Crippen molar-refractivity contribution in [3.8, 4) is 0 Å². The van der Waals surface area contributed by atoms with Crippen LogP contribution in [-0.2, 0) is 33.2 Å². The van der Waals surface area contributed by atoms with E-state index >= 15 is 0 Å². The Balaban J connectivity index is 1.33. The largest absolute Gasteiger partial charge is 0.394 e. The van der Waals surface area contributed by atoms with Gasteiger partial charge in [-0.15, -0.1) is 0 Å². The molecule has 0 spiro atoms. The Hall–Kier alpha value is -3.03. The summed E-state index contributed by atoms with van der Waals surface area (Å²) in [4.78, 5) is 13.3. The normalized spacial score (nSPS) is 29.5. The lowest BCUT2D eigenvalue weighted by Crippen LogP contribution is -2.66. The molecule has 19 heteroatoms. The molecule has 0 aliphatic carbocycles. The number of rotatable bonds is 47. The zero-order valence-corrected chi connectivity index (χ0v) is 51.3. The summed E-state index contributed by atoms with van der Waals surface area (Å²) in [5, 5.41) is 120. The second-order valence-corrected chi connectivity index (χ2v) is 22.8. The fraction of sp³-hybridized carbons (Fsp3) is 0.773. The SMILES string of the molecule is CC/C=C\C/C=C\C/C=C\C/C=C\C/C=C\C/C=C\C/C=C\CCCCCCCCCCCCCC(=O)NC(COC1OC(CO)C(OC2OC(CO)C(OC3OC(CO)C(O)C(O)C3O)C(O)C2O)C(O)C1O)C(O)CCCCCCCCC. The van der Waals surface area contributed by atoms with Gasteiger partial charge in [0, 0.05) is 6.42 Å². The number of nitrogens with one attached hydrogen (secondary N) is 1. The first-order valence-electron chi connectivity index (χ1n) is 32.3. The van der Waals surface area contributed by atoms with Crippen LogP contribution < -0.4 is 5.32 Å². The van der Waals surface area contributed by atoms with Crippen LogP contribution >= 0.6 is 0 Å². The fourth-order valence-corrected chi connectivity index (χ4v) is 10.5. The van der Waals surface area contributed by atoms with Gasteiger partial charge in [0.2, 0.25) is 5.91 Å². The molecule has 3 saturated heterocycles. The van der Waals surface area contributed by atoms with Gasteiger partial charge in [0.05, 0.1) is 38.6 Å². The number of allylic oxidation sites excluding steroid dienone is 14. The van der Waals surface area contributed by atoms with Crippen LogP contribution in [0.3, 0.4) is 0 Å². The van der Waals surface area contributed by atoms with Gasteiger partial charge in [0.1, 0.15) is 73.2 Å². The number of hydrogen-bond donors (Lipinski definition) is 12. The van der Waals surface area contributed by atoms with Gasteiger partial charge in [0.15, 0.2) is 18.9 Å². The van der Waals surface area contributed by atoms with Crippen molar-refractivity contribution in [1.82, 2.24) is 5.32 Å². The first kappa shape index (κ1) is 76.2. The lowest BCUT2D eigenvalue weighted by molar-refractivity contribution is -0.379. The van der Waals surface area contributed by atoms with E-state index in [0.717, 1.165) is 116 Å². The summed E-state index contributed by atoms with van der Waals surface area (Å²) in [6.45, 7) is 1.59. The highest BCUT2D eigenvalue weighted by Crippen LogP contribution is 2.33. The van der Waals surface area contributed by atoms with Gasteiger partial charge < -0.3 is 89.9 Å². The molecule has 17 unspecified atom stereocenters. The van der Waals surface area contributed by atoms with Crippen LogP contribution in [0.25, 0.3) is 0 Å². The monoisotopic (exact) mass is 1210 g/mol. The molecule has 19 nitrogen and oxygen atoms in total. The summed E-state index contributed by atoms with van der Waals surface area (Å²) in [6.07, 6.45) is 32.9. The van der Waals surface area contributed by atoms with E-state index in [1.165, 1.54) is 44.9 Å². The van der Waals surface area contributed by atoms with E-state index in [0.29, 0.717) is 12.8 Å². The minimum atomic E-state index is -1.97. The van der Waals surface area contributed by atoms with E-state index in [9.17, 15) is 61.0 Å². The van der Waals surface area contributed by atoms with Crippen LogP contribution in [0.15, 0.2) is 85.1 Å². The molecule has 3 rings (SSSR count). The van der Waals surface area contributed by atoms with Crippen molar-refractivity contribution in [3.63, 3.8) is 0 Å². The number of aliphatic hydroxyl groups excluding tert-OH is 11. The Labute approximate surface area is 508 Å². The number of amides is 1. The van der Waals surface area contributed by atoms with E-state index in [1.54, 1.807) is 0 Å². The topological polar surface area (TPSA) is 307 Å². The molecular weight excluding hydrogens is 1090 g/mol. The highest BCUT2D eigenvalue weighted by atomic mass is 16.8. The Kier molecular flexibility index (Phi) is 43.0. The molecule has 0 bridgehead atoms. The number of aliphatic hydroxyl groups is 11. The molecule has 0 radical (unpaired) electrons. The van der Waals surface area contributed by atoms with Crippen molar-refractivity contribution in [2.75, 3.05) is 26.4 Å². The van der Waals surface area contributed by atoms with Crippen LogP contribution in [0.4, 0.5) is 0 Å². The summed E-state index contributed by atoms with van der Waals surface area (Å²) < 4.78 is 34.2. The second kappa shape index (κ2) is 47.9. The molecule has 17 atom stereocenters. The zero-order valence-electron chi connectivity index (χ0n) is 51.3. The lowest BCUT2D eigenvalue weighted by Gasteiger charge is -2.48. The lowest BCUT2D eigenvalue weighted by atomic mass is 9.96. The average molecular weight is 1210 g/mol. The smallest absolute Gasteiger partial charge is 0.220 e. The summed E-state index contributed by atoms with van der Waals surface area (Å²) in [5.74, 6) is -0.255. The predicted octanol–water partition coefficient (Wildman–Crippen LogP) is 7.15. The molecule has 0 saturated carbocycles. The standard InChI is InChI=1S/C66H113NO18/c1-3-5-7-9-11-12-13-14-15-16-17-18-19-20-21-22-23-24-25-26-27-28-29-30-31-32-33-34-35-36-38-40-42-44-54(72)67-49(50(71)43-41-39-37-10-8-6-4-2)48-80-64-60(78)57(75)62(52(46-69)82-64)85-66-61(79)58(76)63(53(47-70)83-66)84-65-59(77)56(74)55(73)51(45-68)81-65/h5,7,11-12,14-15,17-18,20-21,23-24,26-27,49-53,55-66,68-71,73-79H,3-4,6,8-10,13,16,19,22,25,28-48H2,1-2H3,(H,67,72)/b7-5-,12-11-,15-14-,18-17-,21-20-,24-23-,27-26-. The highest BCUT2D eigenvalue weighted by Gasteiger charge is 2.53. The molecule has 1 amide bonds. The first-order valence-corrected chi connectivity index (χ1v) is 32.3. The van der Waals surface area contributed by atoms with Gasteiger partial charge in [-0.25, -0.2) is 0 Å². The van der Waals surface area contributed by atoms with Crippen LogP contribution in [0.5, 0.6) is 0 Å². The van der Waals surface area contributed by atoms with Crippen molar-refractivity contribution in [2.45, 2.75) is 298 Å². The molecule has 0 aromatic rings. The molecule has 3 heterocycles. The van der Waals surface area contributed by atoms with Gasteiger partial charge in [-0.1, -0.05) is 202 Å². The number of carbonyl (C=O) groups is 1. The fourth-order valence-electron chi connectivity index (χ4n) is 10.5. The Morgan fingerprint density at radius 3 is 1.27 bits per heavy atom. The second-order valence-electron chi connectivity index (χ2n) is 22.8. The Bertz CT molecular complexity index is 1880. The van der Waals surface area contributed by atoms with E-state index in [-0.39, 0.29) is 18.9 Å². The maximum atomic E-state index is 13.3. The Morgan fingerprint density at radius 2 is 0.812 bits per heavy atom. The average Bonchev–Trinajstić information content (AvgIpc) is 3.70. The van der Waals surface area contributed by atoms with Crippen molar-refractivity contribution in [3.05, 3.63) is 85.1 Å². The molecule has 490 valence electrons. The van der Waals surface area contributed by atoms with Crippen molar-refractivity contribution in [2.24, 2.45) is 0 Å². The summed E-state index contributed by atoms with van der Waals surface area (Å²) in [7, 11) is 0. The molecule has 85 heavy (non-hydrogen) atoms. The van der Waals surface area contributed by atoms with Crippen molar-refractivity contribution >= 4 is 5.91 Å². The zero-order chi connectivity index (χ0) is 61.9. The van der Waals surface area contributed by atoms with Crippen LogP contribution in [0, 0.1) is 0 Å². The van der Waals surface area contributed by atoms with Gasteiger partial charge >= 0.3 is 0 Å². The summed E-state index contributed by atoms with van der Waals surface area (Å²) >= 11 is 0. The molecule has 3 aliphatic rings. The minimum Gasteiger partial charge on any atom is -0.394 e. The maximum Gasteiger partial charge on any atom is 0.220 e. The number of carbonyl (C=O) groups excluding carboxylic acids is 1. The van der Waals surface area contributed by atoms with Crippen LogP contribution in [0.1, 0.15) is 194 Å². The molecular formula is C66H113NO18. The van der Waals surface area contributed by atoms with Gasteiger partial charge in [-0.3, -0.25) is 4.79 Å². The Morgan fingerprint density at radius 1 is 0.435 bits per heavy atom. The molecule has 3 aliphatic heterocycles. The van der Waals surface area contributed by atoms with E-state index in [1.807, 2.05) is 0 Å². The van der Waals surface area contributed by atoms with Crippen molar-refractivity contribution < 1.29 is 89.4 Å². The minimum absolute atomic E-state index is 0.255. The quantitative estimate of drug-likeness (QED) is 0.0213. The van der Waals surface area contributed by atoms with Crippen molar-refractivity contribution in [1.29, 1.82) is 0 Å². The number of hydrogen-bond acceptors (Lipinski definition) is 18. The van der Waals surface area contributed by atoms with Gasteiger partial charge in [-0.05, 0) is 70.6 Å². The van der Waals surface area contributed by atoms with Gasteiger partial charge in [-0.2, -0.15) is 0 Å². The molecule has 3 fully saturated rings.